The first kappa shape index (κ1) is 50.6. The van der Waals surface area contributed by atoms with Gasteiger partial charge in [0.2, 0.25) is 0 Å². The fraction of sp³-hybridized carbons (Fsp3) is 0.646. The predicted molar refractivity (Wildman–Crippen MR) is 228 cm³/mol. The fourth-order valence-electron chi connectivity index (χ4n) is 5.41. The highest BCUT2D eigenvalue weighted by Gasteiger charge is 2.19. The number of ether oxygens (including phenoxy) is 3. The number of hydrogen-bond donors (Lipinski definition) is 0. The molecule has 1 unspecified atom stereocenters. The normalized spacial score (nSPS) is 12.9. The maximum absolute atomic E-state index is 12.6. The molecule has 0 bridgehead atoms. The largest absolute Gasteiger partial charge is 0.462 e. The topological polar surface area (TPSA) is 78.9 Å². The van der Waals surface area contributed by atoms with Gasteiger partial charge < -0.3 is 14.2 Å². The molecule has 0 heterocycles. The first-order valence-corrected chi connectivity index (χ1v) is 21.6. The van der Waals surface area contributed by atoms with Crippen molar-refractivity contribution in [2.75, 3.05) is 13.2 Å². The minimum absolute atomic E-state index is 0.123. The molecule has 0 N–H and O–H groups in total. The molecule has 0 aromatic heterocycles. The molecule has 0 rings (SSSR count). The lowest BCUT2D eigenvalue weighted by Crippen LogP contribution is -2.30. The van der Waals surface area contributed by atoms with Gasteiger partial charge in [0.05, 0.1) is 6.42 Å². The molecule has 0 saturated heterocycles. The summed E-state index contributed by atoms with van der Waals surface area (Å²) < 4.78 is 16.5. The molecule has 0 aliphatic carbocycles. The Balaban J connectivity index is 4.51. The van der Waals surface area contributed by atoms with Crippen molar-refractivity contribution < 1.29 is 28.6 Å². The monoisotopic (exact) mass is 751 g/mol. The summed E-state index contributed by atoms with van der Waals surface area (Å²) in [5, 5.41) is 0. The van der Waals surface area contributed by atoms with Crippen molar-refractivity contribution in [3.63, 3.8) is 0 Å². The lowest BCUT2D eigenvalue weighted by atomic mass is 10.1. The van der Waals surface area contributed by atoms with Crippen LogP contribution in [0.1, 0.15) is 181 Å². The summed E-state index contributed by atoms with van der Waals surface area (Å²) >= 11 is 0. The van der Waals surface area contributed by atoms with Crippen molar-refractivity contribution in [1.82, 2.24) is 0 Å². The average Bonchev–Trinajstić information content (AvgIpc) is 3.17. The van der Waals surface area contributed by atoms with Gasteiger partial charge in [-0.3, -0.25) is 14.4 Å². The third-order valence-corrected chi connectivity index (χ3v) is 8.69. The summed E-state index contributed by atoms with van der Waals surface area (Å²) in [7, 11) is 0. The van der Waals surface area contributed by atoms with Crippen molar-refractivity contribution in [2.24, 2.45) is 0 Å². The SMILES string of the molecule is CC/C=C\C/C=C\C/C=C\CC(=O)OCC(COC(=O)CCCCC/C=C\C=C/CCCCCCCCC)OC(=O)CCCCC/C=C\C=C/CCCC. The van der Waals surface area contributed by atoms with E-state index in [2.05, 4.69) is 93.7 Å². The second-order valence-electron chi connectivity index (χ2n) is 13.9. The van der Waals surface area contributed by atoms with Gasteiger partial charge in [-0.2, -0.15) is 0 Å². The van der Waals surface area contributed by atoms with E-state index in [1.165, 1.54) is 57.8 Å². The molecule has 1 atom stereocenters. The second kappa shape index (κ2) is 42.3. The molecule has 0 radical (unpaired) electrons. The summed E-state index contributed by atoms with van der Waals surface area (Å²) in [6, 6.07) is 0. The molecule has 0 spiro atoms. The van der Waals surface area contributed by atoms with Gasteiger partial charge >= 0.3 is 17.9 Å². The highest BCUT2D eigenvalue weighted by molar-refractivity contribution is 5.72. The molecule has 0 aliphatic rings. The Morgan fingerprint density at radius 1 is 0.426 bits per heavy atom. The zero-order valence-electron chi connectivity index (χ0n) is 34.7. The van der Waals surface area contributed by atoms with Gasteiger partial charge in [-0.15, -0.1) is 0 Å². The van der Waals surface area contributed by atoms with Crippen LogP contribution < -0.4 is 0 Å². The van der Waals surface area contributed by atoms with Gasteiger partial charge in [0, 0.05) is 12.8 Å². The van der Waals surface area contributed by atoms with Crippen LogP contribution in [0, 0.1) is 0 Å². The van der Waals surface area contributed by atoms with Crippen LogP contribution in [0.25, 0.3) is 0 Å². The van der Waals surface area contributed by atoms with Crippen molar-refractivity contribution in [2.45, 2.75) is 187 Å². The van der Waals surface area contributed by atoms with Crippen molar-refractivity contribution >= 4 is 17.9 Å². The number of carbonyl (C=O) groups is 3. The maximum Gasteiger partial charge on any atom is 0.309 e. The molecular formula is C48H78O6. The highest BCUT2D eigenvalue weighted by atomic mass is 16.6. The highest BCUT2D eigenvalue weighted by Crippen LogP contribution is 2.11. The summed E-state index contributed by atoms with van der Waals surface area (Å²) in [5.74, 6) is -1.12. The summed E-state index contributed by atoms with van der Waals surface area (Å²) in [5.41, 5.74) is 0. The average molecular weight is 751 g/mol. The maximum atomic E-state index is 12.6. The number of esters is 3. The van der Waals surface area contributed by atoms with Gasteiger partial charge in [0.15, 0.2) is 6.10 Å². The van der Waals surface area contributed by atoms with Crippen LogP contribution in [0.3, 0.4) is 0 Å². The molecule has 6 nitrogen and oxygen atoms in total. The number of allylic oxidation sites excluding steroid dienone is 13. The standard InChI is InChI=1S/C48H78O6/c1-4-7-10-13-16-19-21-22-23-24-25-27-29-32-35-38-41-47(50)53-44-45(43-52-46(49)40-37-34-31-28-18-15-12-9-6-3)54-48(51)42-39-36-33-30-26-20-17-14-11-8-5-2/h9,12,14,17-18,20,23-28,34,37,45H,4-8,10-11,13,15-16,19,21-22,29-33,35-36,38-44H2,1-3H3/b12-9-,17-14-,24-23-,26-20-,27-25-,28-18-,37-34-. The number of rotatable bonds is 37. The van der Waals surface area contributed by atoms with Crippen LogP contribution >= 0.6 is 0 Å². The molecule has 6 heteroatoms. The van der Waals surface area contributed by atoms with Gasteiger partial charge in [-0.05, 0) is 77.0 Å². The zero-order valence-corrected chi connectivity index (χ0v) is 34.7. The first-order chi connectivity index (χ1) is 26.5. The van der Waals surface area contributed by atoms with E-state index < -0.39 is 12.1 Å². The van der Waals surface area contributed by atoms with E-state index in [-0.39, 0.29) is 38.0 Å². The molecule has 0 amide bonds. The lowest BCUT2D eigenvalue weighted by molar-refractivity contribution is -0.166. The summed E-state index contributed by atoms with van der Waals surface area (Å²) in [6.45, 7) is 6.28. The van der Waals surface area contributed by atoms with E-state index in [0.29, 0.717) is 12.8 Å². The van der Waals surface area contributed by atoms with Crippen LogP contribution in [-0.2, 0) is 28.6 Å². The molecular weight excluding hydrogens is 673 g/mol. The Hall–Kier alpha value is -3.41. The van der Waals surface area contributed by atoms with Gasteiger partial charge in [-0.1, -0.05) is 170 Å². The number of hydrogen-bond acceptors (Lipinski definition) is 6. The molecule has 0 fully saturated rings. The van der Waals surface area contributed by atoms with E-state index in [9.17, 15) is 14.4 Å². The van der Waals surface area contributed by atoms with Gasteiger partial charge in [0.1, 0.15) is 13.2 Å². The first-order valence-electron chi connectivity index (χ1n) is 21.6. The Morgan fingerprint density at radius 3 is 1.39 bits per heavy atom. The minimum Gasteiger partial charge on any atom is -0.462 e. The van der Waals surface area contributed by atoms with E-state index >= 15 is 0 Å². The van der Waals surface area contributed by atoms with Crippen LogP contribution in [0.2, 0.25) is 0 Å². The molecule has 0 aromatic rings. The van der Waals surface area contributed by atoms with E-state index in [1.54, 1.807) is 6.08 Å². The van der Waals surface area contributed by atoms with Crippen LogP contribution in [0.4, 0.5) is 0 Å². The number of carbonyl (C=O) groups excluding carboxylic acids is 3. The number of unbranched alkanes of at least 4 members (excludes halogenated alkanes) is 15. The van der Waals surface area contributed by atoms with E-state index in [4.69, 9.17) is 14.2 Å². The van der Waals surface area contributed by atoms with E-state index in [1.807, 2.05) is 6.08 Å². The van der Waals surface area contributed by atoms with Crippen molar-refractivity contribution in [3.8, 4) is 0 Å². The van der Waals surface area contributed by atoms with Crippen LogP contribution in [-0.4, -0.2) is 37.2 Å². The quantitative estimate of drug-likeness (QED) is 0.0207. The fourth-order valence-corrected chi connectivity index (χ4v) is 5.41. The lowest BCUT2D eigenvalue weighted by Gasteiger charge is -2.18. The smallest absolute Gasteiger partial charge is 0.309 e. The third kappa shape index (κ3) is 39.8. The van der Waals surface area contributed by atoms with Crippen molar-refractivity contribution in [1.29, 1.82) is 0 Å². The van der Waals surface area contributed by atoms with Crippen molar-refractivity contribution in [3.05, 3.63) is 85.1 Å². The Bertz CT molecular complexity index is 1090. The Kier molecular flexibility index (Phi) is 39.7. The zero-order chi connectivity index (χ0) is 39.4. The van der Waals surface area contributed by atoms with E-state index in [0.717, 1.165) is 77.0 Å². The van der Waals surface area contributed by atoms with Crippen LogP contribution in [0.15, 0.2) is 85.1 Å². The second-order valence-corrected chi connectivity index (χ2v) is 13.9. The van der Waals surface area contributed by atoms with Gasteiger partial charge in [0.25, 0.3) is 0 Å². The summed E-state index contributed by atoms with van der Waals surface area (Å²) in [4.78, 5) is 37.5. The molecule has 306 valence electrons. The van der Waals surface area contributed by atoms with Crippen LogP contribution in [0.5, 0.6) is 0 Å². The molecule has 0 aromatic carbocycles. The van der Waals surface area contributed by atoms with Gasteiger partial charge in [-0.25, -0.2) is 0 Å². The molecule has 54 heavy (non-hydrogen) atoms. The molecule has 0 saturated carbocycles. The Morgan fingerprint density at radius 2 is 0.852 bits per heavy atom. The predicted octanol–water partition coefficient (Wildman–Crippen LogP) is 13.7. The molecule has 0 aliphatic heterocycles. The summed E-state index contributed by atoms with van der Waals surface area (Å²) in [6.07, 6.45) is 53.2. The third-order valence-electron chi connectivity index (χ3n) is 8.69. The Labute approximate surface area is 331 Å². The minimum atomic E-state index is -0.833.